The molecule has 2 aromatic rings. The highest BCUT2D eigenvalue weighted by Gasteiger charge is 2.36. The molecular formula is C11H7F3N2. The zero-order valence-corrected chi connectivity index (χ0v) is 8.31. The van der Waals surface area contributed by atoms with Gasteiger partial charge < -0.3 is 4.98 Å². The number of H-pyrrole nitrogens is 1. The van der Waals surface area contributed by atoms with E-state index in [-0.39, 0.29) is 5.56 Å². The molecule has 0 aliphatic heterocycles. The van der Waals surface area contributed by atoms with Gasteiger partial charge >= 0.3 is 6.18 Å². The van der Waals surface area contributed by atoms with Gasteiger partial charge in [-0.3, -0.25) is 0 Å². The van der Waals surface area contributed by atoms with Crippen LogP contribution < -0.4 is 0 Å². The molecule has 82 valence electrons. The normalized spacial score (nSPS) is 11.7. The zero-order valence-electron chi connectivity index (χ0n) is 8.31. The predicted molar refractivity (Wildman–Crippen MR) is 52.8 cm³/mol. The highest BCUT2D eigenvalue weighted by atomic mass is 19.4. The van der Waals surface area contributed by atoms with Crippen molar-refractivity contribution in [1.29, 1.82) is 5.26 Å². The summed E-state index contributed by atoms with van der Waals surface area (Å²) in [7, 11) is 0. The summed E-state index contributed by atoms with van der Waals surface area (Å²) in [5.74, 6) is 0. The minimum Gasteiger partial charge on any atom is -0.350 e. The molecule has 0 atom stereocenters. The Balaban J connectivity index is 2.83. The van der Waals surface area contributed by atoms with Gasteiger partial charge in [-0.2, -0.15) is 18.4 Å². The van der Waals surface area contributed by atoms with E-state index in [1.54, 1.807) is 25.1 Å². The fraction of sp³-hybridized carbons (Fsp3) is 0.182. The third kappa shape index (κ3) is 1.52. The Kier molecular flexibility index (Phi) is 2.16. The summed E-state index contributed by atoms with van der Waals surface area (Å²) in [5.41, 5.74) is -0.145. The summed E-state index contributed by atoms with van der Waals surface area (Å²) >= 11 is 0. The van der Waals surface area contributed by atoms with E-state index in [0.717, 1.165) is 5.56 Å². The quantitative estimate of drug-likeness (QED) is 0.732. The molecule has 0 aliphatic rings. The lowest BCUT2D eigenvalue weighted by Gasteiger charge is -2.02. The van der Waals surface area contributed by atoms with Gasteiger partial charge in [0.1, 0.15) is 11.8 Å². The molecule has 0 saturated heterocycles. The minimum atomic E-state index is -4.53. The van der Waals surface area contributed by atoms with Crippen molar-refractivity contribution in [1.82, 2.24) is 4.98 Å². The molecule has 0 saturated carbocycles. The Bertz CT molecular complexity index is 588. The van der Waals surface area contributed by atoms with Crippen molar-refractivity contribution in [3.8, 4) is 6.07 Å². The number of aromatic amines is 1. The van der Waals surface area contributed by atoms with Crippen LogP contribution in [0.15, 0.2) is 18.2 Å². The second-order valence-electron chi connectivity index (χ2n) is 3.53. The van der Waals surface area contributed by atoms with Crippen molar-refractivity contribution in [2.24, 2.45) is 0 Å². The van der Waals surface area contributed by atoms with Crippen LogP contribution in [-0.2, 0) is 6.18 Å². The van der Waals surface area contributed by atoms with Crippen LogP contribution in [0.2, 0.25) is 0 Å². The molecule has 0 amide bonds. The maximum Gasteiger partial charge on any atom is 0.432 e. The number of nitrogens with zero attached hydrogens (tertiary/aromatic N) is 1. The Morgan fingerprint density at radius 2 is 2.00 bits per heavy atom. The molecule has 2 nitrogen and oxygen atoms in total. The molecule has 0 fully saturated rings. The van der Waals surface area contributed by atoms with E-state index in [0.29, 0.717) is 10.9 Å². The summed E-state index contributed by atoms with van der Waals surface area (Å²) in [5, 5.41) is 9.07. The standard InChI is InChI=1S/C11H7F3N2/c1-6-2-3-7-8(5-15)10(11(12,13)14)16-9(7)4-6/h2-4,16H,1H3. The van der Waals surface area contributed by atoms with Crippen molar-refractivity contribution in [2.75, 3.05) is 0 Å². The van der Waals surface area contributed by atoms with Crippen molar-refractivity contribution < 1.29 is 13.2 Å². The number of nitrogens with one attached hydrogen (secondary N) is 1. The van der Waals surface area contributed by atoms with E-state index in [1.165, 1.54) is 6.07 Å². The van der Waals surface area contributed by atoms with E-state index >= 15 is 0 Å². The Morgan fingerprint density at radius 1 is 1.31 bits per heavy atom. The number of benzene rings is 1. The number of aromatic nitrogens is 1. The highest BCUT2D eigenvalue weighted by molar-refractivity contribution is 5.87. The number of alkyl halides is 3. The predicted octanol–water partition coefficient (Wildman–Crippen LogP) is 3.37. The Morgan fingerprint density at radius 3 is 2.56 bits per heavy atom. The van der Waals surface area contributed by atoms with Crippen molar-refractivity contribution >= 4 is 10.9 Å². The second kappa shape index (κ2) is 3.27. The van der Waals surface area contributed by atoms with Crippen LogP contribution in [0, 0.1) is 18.3 Å². The van der Waals surface area contributed by atoms with Gasteiger partial charge in [0.25, 0.3) is 0 Å². The number of aryl methyl sites for hydroxylation is 1. The third-order valence-corrected chi connectivity index (χ3v) is 2.35. The van der Waals surface area contributed by atoms with E-state index in [9.17, 15) is 13.2 Å². The van der Waals surface area contributed by atoms with Gasteiger partial charge in [0.15, 0.2) is 0 Å². The number of nitriles is 1. The molecule has 0 bridgehead atoms. The molecule has 0 aliphatic carbocycles. The fourth-order valence-electron chi connectivity index (χ4n) is 1.64. The lowest BCUT2D eigenvalue weighted by atomic mass is 10.1. The molecule has 0 radical (unpaired) electrons. The SMILES string of the molecule is Cc1ccc2c(C#N)c(C(F)(F)F)[nH]c2c1. The second-order valence-corrected chi connectivity index (χ2v) is 3.53. The number of fused-ring (bicyclic) bond motifs is 1. The smallest absolute Gasteiger partial charge is 0.350 e. The molecule has 0 unspecified atom stereocenters. The zero-order chi connectivity index (χ0) is 11.9. The molecular weight excluding hydrogens is 217 g/mol. The lowest BCUT2D eigenvalue weighted by Crippen LogP contribution is -2.07. The van der Waals surface area contributed by atoms with E-state index in [2.05, 4.69) is 4.98 Å². The molecule has 1 aromatic carbocycles. The van der Waals surface area contributed by atoms with Crippen molar-refractivity contribution in [2.45, 2.75) is 13.1 Å². The molecule has 0 spiro atoms. The molecule has 5 heteroatoms. The molecule has 16 heavy (non-hydrogen) atoms. The average Bonchev–Trinajstić information content (AvgIpc) is 2.54. The van der Waals surface area contributed by atoms with Gasteiger partial charge in [-0.1, -0.05) is 12.1 Å². The van der Waals surface area contributed by atoms with Crippen LogP contribution in [0.1, 0.15) is 16.8 Å². The van der Waals surface area contributed by atoms with E-state index in [1.807, 2.05) is 0 Å². The van der Waals surface area contributed by atoms with Gasteiger partial charge in [0, 0.05) is 10.9 Å². The maximum absolute atomic E-state index is 12.6. The van der Waals surface area contributed by atoms with Gasteiger partial charge in [-0.15, -0.1) is 0 Å². The number of hydrogen-bond acceptors (Lipinski definition) is 1. The molecule has 1 heterocycles. The Hall–Kier alpha value is -1.96. The third-order valence-electron chi connectivity index (χ3n) is 2.35. The van der Waals surface area contributed by atoms with Crippen molar-refractivity contribution in [3.05, 3.63) is 35.0 Å². The fourth-order valence-corrected chi connectivity index (χ4v) is 1.64. The monoisotopic (exact) mass is 224 g/mol. The first-order valence-corrected chi connectivity index (χ1v) is 4.53. The first-order chi connectivity index (χ1) is 7.43. The van der Waals surface area contributed by atoms with Crippen LogP contribution in [0.4, 0.5) is 13.2 Å². The van der Waals surface area contributed by atoms with Crippen molar-refractivity contribution in [3.63, 3.8) is 0 Å². The van der Waals surface area contributed by atoms with Crippen LogP contribution in [0.3, 0.4) is 0 Å². The first-order valence-electron chi connectivity index (χ1n) is 4.53. The van der Waals surface area contributed by atoms with Crippen LogP contribution in [0.5, 0.6) is 0 Å². The van der Waals surface area contributed by atoms with Crippen LogP contribution in [-0.4, -0.2) is 4.98 Å². The van der Waals surface area contributed by atoms with Gasteiger partial charge in [-0.05, 0) is 18.6 Å². The molecule has 1 N–H and O–H groups in total. The first kappa shape index (κ1) is 10.6. The minimum absolute atomic E-state index is 0.306. The number of rotatable bonds is 0. The molecule has 1 aromatic heterocycles. The maximum atomic E-state index is 12.6. The van der Waals surface area contributed by atoms with Gasteiger partial charge in [0.05, 0.1) is 5.56 Å². The number of halogens is 3. The Labute approximate surface area is 89.3 Å². The summed E-state index contributed by atoms with van der Waals surface area (Å²) in [6.07, 6.45) is -4.53. The summed E-state index contributed by atoms with van der Waals surface area (Å²) in [6.45, 7) is 1.78. The van der Waals surface area contributed by atoms with Gasteiger partial charge in [-0.25, -0.2) is 0 Å². The van der Waals surface area contributed by atoms with Crippen LogP contribution >= 0.6 is 0 Å². The van der Waals surface area contributed by atoms with Gasteiger partial charge in [0.2, 0.25) is 0 Å². The van der Waals surface area contributed by atoms with E-state index < -0.39 is 11.9 Å². The summed E-state index contributed by atoms with van der Waals surface area (Å²) in [6, 6.07) is 6.38. The average molecular weight is 224 g/mol. The summed E-state index contributed by atoms with van der Waals surface area (Å²) < 4.78 is 37.8. The lowest BCUT2D eigenvalue weighted by molar-refractivity contribution is -0.140. The number of hydrogen-bond donors (Lipinski definition) is 1. The topological polar surface area (TPSA) is 39.6 Å². The molecule has 2 rings (SSSR count). The van der Waals surface area contributed by atoms with E-state index in [4.69, 9.17) is 5.26 Å². The largest absolute Gasteiger partial charge is 0.432 e. The highest BCUT2D eigenvalue weighted by Crippen LogP contribution is 2.35. The van der Waals surface area contributed by atoms with Crippen LogP contribution in [0.25, 0.3) is 10.9 Å². The summed E-state index contributed by atoms with van der Waals surface area (Å²) in [4.78, 5) is 2.25.